The summed E-state index contributed by atoms with van der Waals surface area (Å²) in [5.41, 5.74) is 3.90. The number of fused-ring (bicyclic) bond motifs is 1. The van der Waals surface area contributed by atoms with Crippen molar-refractivity contribution < 1.29 is 4.74 Å². The summed E-state index contributed by atoms with van der Waals surface area (Å²) in [5.74, 6) is 3.40. The molecule has 6 nitrogen and oxygen atoms in total. The van der Waals surface area contributed by atoms with Crippen LogP contribution in [0.2, 0.25) is 0 Å². The van der Waals surface area contributed by atoms with Crippen LogP contribution in [0.3, 0.4) is 0 Å². The summed E-state index contributed by atoms with van der Waals surface area (Å²) in [6.07, 6.45) is 2.50. The number of aryl methyl sites for hydroxylation is 1. The summed E-state index contributed by atoms with van der Waals surface area (Å²) < 4.78 is 7.49. The molecule has 0 bridgehead atoms. The maximum absolute atomic E-state index is 5.27. The van der Waals surface area contributed by atoms with Crippen LogP contribution in [0.25, 0.3) is 11.0 Å². The molecule has 1 fully saturated rings. The third-order valence-corrected chi connectivity index (χ3v) is 4.87. The van der Waals surface area contributed by atoms with E-state index >= 15 is 0 Å². The van der Waals surface area contributed by atoms with Crippen LogP contribution in [-0.4, -0.2) is 26.6 Å². The zero-order valence-corrected chi connectivity index (χ0v) is 16.7. The van der Waals surface area contributed by atoms with Crippen molar-refractivity contribution in [3.8, 4) is 0 Å². The molecule has 0 amide bonds. The average Bonchev–Trinajstić information content (AvgIpc) is 3.39. The number of nitrogens with zero attached hydrogens (tertiary/aromatic N) is 4. The van der Waals surface area contributed by atoms with Crippen LogP contribution >= 0.6 is 0 Å². The van der Waals surface area contributed by atoms with E-state index in [1.165, 1.54) is 24.2 Å². The highest BCUT2D eigenvalue weighted by Crippen LogP contribution is 2.40. The molecule has 1 aliphatic carbocycles. The standard InChI is InChI=1S/C21H27N5O/c1-21(2,3)20-23-15(12-27-5)11-18(25-20)22-14-8-9-17-16(10-14)24-19(26(17)4)13-6-7-13/h8-11,13H,6-7,12H2,1-5H3,(H,22,23,25). The van der Waals surface area contributed by atoms with Crippen LogP contribution in [0.15, 0.2) is 24.3 Å². The van der Waals surface area contributed by atoms with Gasteiger partial charge in [0.2, 0.25) is 0 Å². The molecule has 0 atom stereocenters. The lowest BCUT2D eigenvalue weighted by molar-refractivity contribution is 0.181. The van der Waals surface area contributed by atoms with Crippen molar-refractivity contribution in [3.63, 3.8) is 0 Å². The molecule has 27 heavy (non-hydrogen) atoms. The first kappa shape index (κ1) is 17.9. The molecule has 4 rings (SSSR count). The van der Waals surface area contributed by atoms with Crippen LogP contribution in [0.4, 0.5) is 11.5 Å². The number of anilines is 2. The third kappa shape index (κ3) is 3.67. The van der Waals surface area contributed by atoms with Gasteiger partial charge in [-0.3, -0.25) is 0 Å². The van der Waals surface area contributed by atoms with Gasteiger partial charge >= 0.3 is 0 Å². The molecule has 0 radical (unpaired) electrons. The molecule has 0 aliphatic heterocycles. The SMILES string of the molecule is COCc1cc(Nc2ccc3c(c2)nc(C2CC2)n3C)nc(C(C)(C)C)n1. The van der Waals surface area contributed by atoms with Gasteiger partial charge in [0, 0.05) is 37.2 Å². The third-order valence-electron chi connectivity index (χ3n) is 4.87. The number of ether oxygens (including phenoxy) is 1. The summed E-state index contributed by atoms with van der Waals surface area (Å²) in [6, 6.07) is 8.24. The Morgan fingerprint density at radius 1 is 1.15 bits per heavy atom. The van der Waals surface area contributed by atoms with E-state index in [9.17, 15) is 0 Å². The zero-order chi connectivity index (χ0) is 19.2. The molecular formula is C21H27N5O. The first-order chi connectivity index (χ1) is 12.8. The van der Waals surface area contributed by atoms with E-state index in [0.717, 1.165) is 28.5 Å². The van der Waals surface area contributed by atoms with E-state index in [1.807, 2.05) is 6.07 Å². The topological polar surface area (TPSA) is 64.9 Å². The Balaban J connectivity index is 1.67. The minimum Gasteiger partial charge on any atom is -0.378 e. The summed E-state index contributed by atoms with van der Waals surface area (Å²) >= 11 is 0. The Labute approximate surface area is 160 Å². The zero-order valence-electron chi connectivity index (χ0n) is 16.7. The van der Waals surface area contributed by atoms with E-state index < -0.39 is 0 Å². The van der Waals surface area contributed by atoms with Gasteiger partial charge in [-0.15, -0.1) is 0 Å². The second-order valence-corrected chi connectivity index (χ2v) is 8.38. The maximum Gasteiger partial charge on any atom is 0.136 e. The second-order valence-electron chi connectivity index (χ2n) is 8.38. The highest BCUT2D eigenvalue weighted by atomic mass is 16.5. The quantitative estimate of drug-likeness (QED) is 0.725. The molecule has 0 unspecified atom stereocenters. The molecule has 1 saturated carbocycles. The number of imidazole rings is 1. The first-order valence-electron chi connectivity index (χ1n) is 9.46. The van der Waals surface area contributed by atoms with Gasteiger partial charge in [0.25, 0.3) is 0 Å². The summed E-state index contributed by atoms with van der Waals surface area (Å²) in [4.78, 5) is 14.2. The largest absolute Gasteiger partial charge is 0.378 e. The van der Waals surface area contributed by atoms with Crippen LogP contribution in [0.1, 0.15) is 56.9 Å². The molecule has 2 aromatic heterocycles. The van der Waals surface area contributed by atoms with Gasteiger partial charge in [-0.1, -0.05) is 20.8 Å². The summed E-state index contributed by atoms with van der Waals surface area (Å²) in [7, 11) is 3.78. The van der Waals surface area contributed by atoms with Crippen LogP contribution in [0.5, 0.6) is 0 Å². The maximum atomic E-state index is 5.27. The van der Waals surface area contributed by atoms with Crippen molar-refractivity contribution in [2.24, 2.45) is 7.05 Å². The van der Waals surface area contributed by atoms with Crippen molar-refractivity contribution in [1.29, 1.82) is 0 Å². The lowest BCUT2D eigenvalue weighted by Crippen LogP contribution is -2.18. The number of benzene rings is 1. The van der Waals surface area contributed by atoms with Gasteiger partial charge in [0.05, 0.1) is 23.3 Å². The van der Waals surface area contributed by atoms with Gasteiger partial charge in [-0.05, 0) is 31.0 Å². The van der Waals surface area contributed by atoms with Crippen molar-refractivity contribution in [2.45, 2.75) is 51.6 Å². The predicted octanol–water partition coefficient (Wildman–Crippen LogP) is 4.43. The molecule has 1 aliphatic rings. The van der Waals surface area contributed by atoms with E-state index in [1.54, 1.807) is 7.11 Å². The smallest absolute Gasteiger partial charge is 0.136 e. The Kier molecular flexibility index (Phi) is 4.38. The normalized spacial score (nSPS) is 14.7. The fourth-order valence-electron chi connectivity index (χ4n) is 3.27. The van der Waals surface area contributed by atoms with Crippen LogP contribution in [-0.2, 0) is 23.8 Å². The number of hydrogen-bond acceptors (Lipinski definition) is 5. The molecule has 6 heteroatoms. The molecule has 3 aromatic rings. The van der Waals surface area contributed by atoms with Crippen molar-refractivity contribution in [2.75, 3.05) is 12.4 Å². The van der Waals surface area contributed by atoms with Gasteiger partial charge in [-0.25, -0.2) is 15.0 Å². The first-order valence-corrected chi connectivity index (χ1v) is 9.46. The number of aromatic nitrogens is 4. The number of rotatable bonds is 5. The Morgan fingerprint density at radius 2 is 1.93 bits per heavy atom. The minimum atomic E-state index is -0.135. The molecule has 142 valence electrons. The van der Waals surface area contributed by atoms with E-state index in [4.69, 9.17) is 14.7 Å². The molecular weight excluding hydrogens is 338 g/mol. The Bertz CT molecular complexity index is 982. The second kappa shape index (κ2) is 6.60. The van der Waals surface area contributed by atoms with Crippen molar-refractivity contribution in [3.05, 3.63) is 41.6 Å². The molecule has 2 heterocycles. The fraction of sp³-hybridized carbons (Fsp3) is 0.476. The van der Waals surface area contributed by atoms with Gasteiger partial charge in [-0.2, -0.15) is 0 Å². The Morgan fingerprint density at radius 3 is 2.59 bits per heavy atom. The lowest BCUT2D eigenvalue weighted by atomic mass is 9.95. The molecule has 1 N–H and O–H groups in total. The number of hydrogen-bond donors (Lipinski definition) is 1. The van der Waals surface area contributed by atoms with Crippen LogP contribution < -0.4 is 5.32 Å². The fourth-order valence-corrected chi connectivity index (χ4v) is 3.27. The number of nitrogens with one attached hydrogen (secondary N) is 1. The average molecular weight is 365 g/mol. The number of methoxy groups -OCH3 is 1. The highest BCUT2D eigenvalue weighted by molar-refractivity contribution is 5.81. The minimum absolute atomic E-state index is 0.135. The Hall–Kier alpha value is -2.47. The molecule has 0 spiro atoms. The molecule has 0 saturated heterocycles. The summed E-state index contributed by atoms with van der Waals surface area (Å²) in [5, 5.41) is 3.43. The van der Waals surface area contributed by atoms with Crippen LogP contribution in [0, 0.1) is 0 Å². The predicted molar refractivity (Wildman–Crippen MR) is 107 cm³/mol. The molecule has 1 aromatic carbocycles. The highest BCUT2D eigenvalue weighted by Gasteiger charge is 2.28. The summed E-state index contributed by atoms with van der Waals surface area (Å²) in [6.45, 7) is 6.80. The van der Waals surface area contributed by atoms with E-state index in [2.05, 4.69) is 60.9 Å². The van der Waals surface area contributed by atoms with Gasteiger partial charge in [0.15, 0.2) is 0 Å². The van der Waals surface area contributed by atoms with Gasteiger partial charge < -0.3 is 14.6 Å². The van der Waals surface area contributed by atoms with Gasteiger partial charge in [0.1, 0.15) is 17.5 Å². The van der Waals surface area contributed by atoms with E-state index in [-0.39, 0.29) is 5.41 Å². The van der Waals surface area contributed by atoms with Crippen molar-refractivity contribution >= 4 is 22.5 Å². The van der Waals surface area contributed by atoms with Crippen molar-refractivity contribution in [1.82, 2.24) is 19.5 Å². The monoisotopic (exact) mass is 365 g/mol. The lowest BCUT2D eigenvalue weighted by Gasteiger charge is -2.19. The van der Waals surface area contributed by atoms with E-state index in [0.29, 0.717) is 12.5 Å².